The minimum Gasteiger partial charge on any atom is -0.443 e. The van der Waals surface area contributed by atoms with Crippen LogP contribution in [0.2, 0.25) is 0 Å². The molecule has 1 rings (SSSR count). The third-order valence-corrected chi connectivity index (χ3v) is 4.11. The van der Waals surface area contributed by atoms with E-state index in [4.69, 9.17) is 14.9 Å². The zero-order chi connectivity index (χ0) is 23.3. The van der Waals surface area contributed by atoms with Crippen LogP contribution in [0.15, 0.2) is 18.2 Å². The molecule has 0 saturated heterocycles. The number of rotatable bonds is 4. The summed E-state index contributed by atoms with van der Waals surface area (Å²) in [7, 11) is 1.82. The minimum atomic E-state index is -0.770. The van der Waals surface area contributed by atoms with Crippen LogP contribution in [0.25, 0.3) is 0 Å². The van der Waals surface area contributed by atoms with Gasteiger partial charge in [0.15, 0.2) is 5.96 Å². The number of carbonyl (C=O) groups is 2. The quantitative estimate of drug-likeness (QED) is 0.528. The lowest BCUT2D eigenvalue weighted by molar-refractivity contribution is -0.000266. The van der Waals surface area contributed by atoms with Crippen molar-refractivity contribution in [3.8, 4) is 0 Å². The molecule has 8 heteroatoms. The zero-order valence-electron chi connectivity index (χ0n) is 19.7. The molecule has 0 unspecified atom stereocenters. The van der Waals surface area contributed by atoms with E-state index in [2.05, 4.69) is 5.32 Å². The van der Waals surface area contributed by atoms with Crippen molar-refractivity contribution in [2.24, 2.45) is 0 Å². The van der Waals surface area contributed by atoms with Gasteiger partial charge in [0.05, 0.1) is 6.54 Å². The molecular weight excluding hydrogens is 384 g/mol. The van der Waals surface area contributed by atoms with Crippen LogP contribution >= 0.6 is 0 Å². The molecule has 0 aliphatic heterocycles. The van der Waals surface area contributed by atoms with Crippen molar-refractivity contribution in [3.05, 3.63) is 29.3 Å². The summed E-state index contributed by atoms with van der Waals surface area (Å²) in [6.45, 7) is 14.9. The van der Waals surface area contributed by atoms with E-state index in [0.717, 1.165) is 21.7 Å². The third-order valence-electron chi connectivity index (χ3n) is 4.11. The molecule has 2 N–H and O–H groups in total. The molecule has 0 spiro atoms. The molecule has 0 aliphatic carbocycles. The van der Waals surface area contributed by atoms with Crippen molar-refractivity contribution in [1.29, 1.82) is 5.41 Å². The fourth-order valence-electron chi connectivity index (χ4n) is 2.38. The molecular formula is C22H36N4O4. The number of imide groups is 1. The molecule has 0 bridgehead atoms. The lowest BCUT2D eigenvalue weighted by Crippen LogP contribution is -2.43. The number of nitrogens with zero attached hydrogens (tertiary/aromatic N) is 2. The van der Waals surface area contributed by atoms with Gasteiger partial charge in [0, 0.05) is 19.3 Å². The van der Waals surface area contributed by atoms with E-state index in [0.29, 0.717) is 6.54 Å². The second kappa shape index (κ2) is 9.82. The molecule has 30 heavy (non-hydrogen) atoms. The van der Waals surface area contributed by atoms with Gasteiger partial charge in [0.25, 0.3) is 0 Å². The zero-order valence-corrected chi connectivity index (χ0v) is 19.7. The average Bonchev–Trinajstić information content (AvgIpc) is 2.58. The summed E-state index contributed by atoms with van der Waals surface area (Å²) in [5, 5.41) is 11.2. The number of anilines is 1. The largest absolute Gasteiger partial charge is 0.443 e. The van der Waals surface area contributed by atoms with Crippen LogP contribution in [0.5, 0.6) is 0 Å². The van der Waals surface area contributed by atoms with Gasteiger partial charge < -0.3 is 19.7 Å². The second-order valence-electron chi connectivity index (χ2n) is 9.12. The maximum Gasteiger partial charge on any atom is 0.420 e. The van der Waals surface area contributed by atoms with Crippen LogP contribution in [0, 0.1) is 12.3 Å². The molecule has 0 saturated carbocycles. The fourth-order valence-corrected chi connectivity index (χ4v) is 2.38. The minimum absolute atomic E-state index is 0.0118. The van der Waals surface area contributed by atoms with E-state index in [9.17, 15) is 9.59 Å². The molecule has 0 atom stereocenters. The Labute approximate surface area is 180 Å². The molecule has 0 aromatic heterocycles. The smallest absolute Gasteiger partial charge is 0.420 e. The molecule has 2 amide bonds. The van der Waals surface area contributed by atoms with E-state index in [-0.39, 0.29) is 12.5 Å². The van der Waals surface area contributed by atoms with E-state index < -0.39 is 23.4 Å². The predicted octanol–water partition coefficient (Wildman–Crippen LogP) is 4.97. The average molecular weight is 421 g/mol. The van der Waals surface area contributed by atoms with Crippen LogP contribution in [0.3, 0.4) is 0 Å². The first-order valence-corrected chi connectivity index (χ1v) is 10.0. The first kappa shape index (κ1) is 25.3. The summed E-state index contributed by atoms with van der Waals surface area (Å²) in [5.74, 6) is 0.258. The van der Waals surface area contributed by atoms with Gasteiger partial charge in [-0.2, -0.15) is 0 Å². The van der Waals surface area contributed by atoms with Crippen molar-refractivity contribution in [2.75, 3.05) is 18.9 Å². The Balaban J connectivity index is 3.19. The molecule has 0 aliphatic rings. The summed E-state index contributed by atoms with van der Waals surface area (Å²) in [4.78, 5) is 28.2. The topological polar surface area (TPSA) is 95.0 Å². The van der Waals surface area contributed by atoms with Crippen LogP contribution in [0.4, 0.5) is 15.3 Å². The lowest BCUT2D eigenvalue weighted by atomic mass is 10.1. The Kier molecular flexibility index (Phi) is 8.27. The SMILES string of the molecule is CCN(C)C(=N)Nc1cccc(CN(C(=O)OC(C)(C)C)C(=O)OC(C)(C)C)c1C. The summed E-state index contributed by atoms with van der Waals surface area (Å²) in [5.41, 5.74) is 0.782. The Morgan fingerprint density at radius 3 is 1.97 bits per heavy atom. The van der Waals surface area contributed by atoms with Gasteiger partial charge in [0.1, 0.15) is 11.2 Å². The van der Waals surface area contributed by atoms with E-state index >= 15 is 0 Å². The van der Waals surface area contributed by atoms with Crippen molar-refractivity contribution in [3.63, 3.8) is 0 Å². The fraction of sp³-hybridized carbons (Fsp3) is 0.591. The van der Waals surface area contributed by atoms with Gasteiger partial charge >= 0.3 is 12.2 Å². The number of benzene rings is 1. The molecule has 1 aromatic rings. The van der Waals surface area contributed by atoms with Crippen molar-refractivity contribution in [2.45, 2.75) is 73.1 Å². The van der Waals surface area contributed by atoms with Gasteiger partial charge in [-0.1, -0.05) is 12.1 Å². The predicted molar refractivity (Wildman–Crippen MR) is 119 cm³/mol. The summed E-state index contributed by atoms with van der Waals surface area (Å²) in [6.07, 6.45) is -1.54. The number of hydrogen-bond acceptors (Lipinski definition) is 5. The Morgan fingerprint density at radius 2 is 1.53 bits per heavy atom. The molecule has 0 radical (unpaired) electrons. The van der Waals surface area contributed by atoms with E-state index in [1.165, 1.54) is 0 Å². The third kappa shape index (κ3) is 7.93. The Hall–Kier alpha value is -2.77. The first-order valence-electron chi connectivity index (χ1n) is 10.0. The number of ether oxygens (including phenoxy) is 2. The normalized spacial score (nSPS) is 11.5. The number of nitrogens with one attached hydrogen (secondary N) is 2. The van der Waals surface area contributed by atoms with Crippen LogP contribution in [-0.2, 0) is 16.0 Å². The lowest BCUT2D eigenvalue weighted by Gasteiger charge is -2.29. The highest BCUT2D eigenvalue weighted by Crippen LogP contribution is 2.23. The molecule has 168 valence electrons. The van der Waals surface area contributed by atoms with Crippen LogP contribution < -0.4 is 5.32 Å². The summed E-state index contributed by atoms with van der Waals surface area (Å²) in [6, 6.07) is 5.49. The van der Waals surface area contributed by atoms with Crippen molar-refractivity contribution >= 4 is 23.8 Å². The Bertz CT molecular complexity index is 750. The Morgan fingerprint density at radius 1 is 1.03 bits per heavy atom. The molecule has 0 fully saturated rings. The van der Waals surface area contributed by atoms with Gasteiger partial charge in [-0.3, -0.25) is 5.41 Å². The highest BCUT2D eigenvalue weighted by atomic mass is 16.6. The molecule has 1 aromatic carbocycles. The summed E-state index contributed by atoms with van der Waals surface area (Å²) >= 11 is 0. The van der Waals surface area contributed by atoms with Crippen LogP contribution in [-0.4, -0.2) is 52.7 Å². The van der Waals surface area contributed by atoms with Gasteiger partial charge in [-0.05, 0) is 72.6 Å². The number of carbonyl (C=O) groups excluding carboxylic acids is 2. The maximum absolute atomic E-state index is 12.7. The second-order valence-corrected chi connectivity index (χ2v) is 9.12. The number of guanidine groups is 1. The van der Waals surface area contributed by atoms with Crippen molar-refractivity contribution < 1.29 is 19.1 Å². The van der Waals surface area contributed by atoms with Gasteiger partial charge in [-0.15, -0.1) is 0 Å². The van der Waals surface area contributed by atoms with Crippen molar-refractivity contribution in [1.82, 2.24) is 9.80 Å². The maximum atomic E-state index is 12.7. The number of amides is 2. The van der Waals surface area contributed by atoms with E-state index in [1.807, 2.05) is 39.1 Å². The van der Waals surface area contributed by atoms with E-state index in [1.54, 1.807) is 46.4 Å². The first-order chi connectivity index (χ1) is 13.6. The number of hydrogen-bond donors (Lipinski definition) is 2. The standard InChI is InChI=1S/C22H36N4O4/c1-10-25(9)18(23)24-17-13-11-12-16(15(17)2)14-26(19(27)29-21(3,4)5)20(28)30-22(6,7)8/h11-13H,10,14H2,1-9H3,(H2,23,24). The summed E-state index contributed by atoms with van der Waals surface area (Å²) < 4.78 is 10.8. The van der Waals surface area contributed by atoms with Gasteiger partial charge in [0.2, 0.25) is 0 Å². The highest BCUT2D eigenvalue weighted by Gasteiger charge is 2.31. The molecule has 0 heterocycles. The monoisotopic (exact) mass is 420 g/mol. The molecule has 8 nitrogen and oxygen atoms in total. The highest BCUT2D eigenvalue weighted by molar-refractivity contribution is 5.92. The van der Waals surface area contributed by atoms with Gasteiger partial charge in [-0.25, -0.2) is 14.5 Å². The van der Waals surface area contributed by atoms with Crippen LogP contribution in [0.1, 0.15) is 59.6 Å².